The molecule has 0 saturated heterocycles. The molecule has 0 unspecified atom stereocenters. The van der Waals surface area contributed by atoms with E-state index in [2.05, 4.69) is 37.8 Å². The minimum absolute atomic E-state index is 0.0475. The molecule has 5 heteroatoms. The van der Waals surface area contributed by atoms with Crippen molar-refractivity contribution in [3.05, 3.63) is 45.6 Å². The largest absolute Gasteiger partial charge is 0.290 e. The standard InChI is InChI=1S/C10H8IN3O/c11-8-3-1-7(2-4-8)5-9(15)10-12-6-13-14-10/h1-4,6H,5H2,(H,12,13,14). The molecule has 0 radical (unpaired) electrons. The molecule has 1 aromatic carbocycles. The minimum atomic E-state index is -0.0475. The smallest absolute Gasteiger partial charge is 0.203 e. The van der Waals surface area contributed by atoms with Crippen molar-refractivity contribution in [2.75, 3.05) is 0 Å². The molecule has 2 aromatic rings. The number of carbonyl (C=O) groups is 1. The molecule has 0 saturated carbocycles. The van der Waals surface area contributed by atoms with Gasteiger partial charge in [0.2, 0.25) is 5.78 Å². The summed E-state index contributed by atoms with van der Waals surface area (Å²) in [5.41, 5.74) is 0.983. The Labute approximate surface area is 100 Å². The molecule has 2 rings (SSSR count). The van der Waals surface area contributed by atoms with Crippen LogP contribution >= 0.6 is 22.6 Å². The first-order chi connectivity index (χ1) is 7.25. The quantitative estimate of drug-likeness (QED) is 0.695. The summed E-state index contributed by atoms with van der Waals surface area (Å²) in [5.74, 6) is 0.266. The van der Waals surface area contributed by atoms with Crippen LogP contribution in [-0.2, 0) is 6.42 Å². The Kier molecular flexibility index (Phi) is 3.10. The number of benzene rings is 1. The lowest BCUT2D eigenvalue weighted by atomic mass is 10.1. The molecule has 4 nitrogen and oxygen atoms in total. The fourth-order valence-electron chi connectivity index (χ4n) is 1.21. The van der Waals surface area contributed by atoms with Crippen LogP contribution in [0.4, 0.5) is 0 Å². The summed E-state index contributed by atoms with van der Waals surface area (Å²) < 4.78 is 1.16. The Morgan fingerprint density at radius 2 is 2.07 bits per heavy atom. The highest BCUT2D eigenvalue weighted by Gasteiger charge is 2.09. The monoisotopic (exact) mass is 313 g/mol. The molecule has 1 N–H and O–H groups in total. The lowest BCUT2D eigenvalue weighted by molar-refractivity contribution is 0.0983. The Bertz CT molecular complexity index is 450. The number of hydrogen-bond donors (Lipinski definition) is 1. The Morgan fingerprint density at radius 1 is 1.33 bits per heavy atom. The zero-order valence-electron chi connectivity index (χ0n) is 7.77. The maximum Gasteiger partial charge on any atom is 0.203 e. The third kappa shape index (κ3) is 2.62. The molecule has 1 aromatic heterocycles. The molecule has 0 aliphatic rings. The maximum atomic E-state index is 11.6. The summed E-state index contributed by atoms with van der Waals surface area (Å²) in [5, 5.41) is 6.20. The average Bonchev–Trinajstić information content (AvgIpc) is 2.74. The van der Waals surface area contributed by atoms with Gasteiger partial charge in [-0.25, -0.2) is 4.98 Å². The summed E-state index contributed by atoms with van der Waals surface area (Å²) in [6.45, 7) is 0. The molecule has 0 aliphatic heterocycles. The van der Waals surface area contributed by atoms with Crippen LogP contribution in [-0.4, -0.2) is 21.0 Å². The zero-order chi connectivity index (χ0) is 10.7. The molecule has 1 heterocycles. The van der Waals surface area contributed by atoms with Gasteiger partial charge in [-0.1, -0.05) is 12.1 Å². The second-order valence-electron chi connectivity index (χ2n) is 3.06. The van der Waals surface area contributed by atoms with Crippen molar-refractivity contribution in [1.82, 2.24) is 15.2 Å². The van der Waals surface area contributed by atoms with Crippen molar-refractivity contribution < 1.29 is 4.79 Å². The van der Waals surface area contributed by atoms with Crippen molar-refractivity contribution in [3.63, 3.8) is 0 Å². The van der Waals surface area contributed by atoms with Gasteiger partial charge < -0.3 is 0 Å². The van der Waals surface area contributed by atoms with Crippen LogP contribution in [0.2, 0.25) is 0 Å². The average molecular weight is 313 g/mol. The van der Waals surface area contributed by atoms with Gasteiger partial charge >= 0.3 is 0 Å². The van der Waals surface area contributed by atoms with E-state index >= 15 is 0 Å². The predicted molar refractivity (Wildman–Crippen MR) is 63.6 cm³/mol. The third-order valence-electron chi connectivity index (χ3n) is 1.96. The molecule has 0 aliphatic carbocycles. The highest BCUT2D eigenvalue weighted by molar-refractivity contribution is 14.1. The number of halogens is 1. The van der Waals surface area contributed by atoms with E-state index < -0.39 is 0 Å². The molecule has 76 valence electrons. The Hall–Kier alpha value is -1.24. The van der Waals surface area contributed by atoms with Crippen LogP contribution in [0.5, 0.6) is 0 Å². The number of ketones is 1. The first kappa shape index (κ1) is 10.3. The summed E-state index contributed by atoms with van der Waals surface area (Å²) >= 11 is 2.23. The number of nitrogens with zero attached hydrogens (tertiary/aromatic N) is 2. The van der Waals surface area contributed by atoms with Crippen LogP contribution in [0.15, 0.2) is 30.6 Å². The van der Waals surface area contributed by atoms with E-state index in [-0.39, 0.29) is 5.78 Å². The summed E-state index contributed by atoms with van der Waals surface area (Å²) in [7, 11) is 0. The van der Waals surface area contributed by atoms with Gasteiger partial charge in [0.15, 0.2) is 5.82 Å². The SMILES string of the molecule is O=C(Cc1ccc(I)cc1)c1ncn[nH]1. The van der Waals surface area contributed by atoms with Crippen LogP contribution in [0.25, 0.3) is 0 Å². The van der Waals surface area contributed by atoms with Gasteiger partial charge in [-0.2, -0.15) is 5.10 Å². The van der Waals surface area contributed by atoms with Crippen molar-refractivity contribution in [2.45, 2.75) is 6.42 Å². The van der Waals surface area contributed by atoms with Gasteiger partial charge in [-0.15, -0.1) is 0 Å². The van der Waals surface area contributed by atoms with E-state index in [0.717, 1.165) is 9.13 Å². The molecule has 15 heavy (non-hydrogen) atoms. The summed E-state index contributed by atoms with van der Waals surface area (Å²) in [4.78, 5) is 15.4. The topological polar surface area (TPSA) is 58.6 Å². The van der Waals surface area contributed by atoms with E-state index in [1.54, 1.807) is 0 Å². The van der Waals surface area contributed by atoms with Gasteiger partial charge in [0.25, 0.3) is 0 Å². The molecule has 0 fully saturated rings. The van der Waals surface area contributed by atoms with Crippen LogP contribution in [0, 0.1) is 3.57 Å². The minimum Gasteiger partial charge on any atom is -0.290 e. The van der Waals surface area contributed by atoms with E-state index in [0.29, 0.717) is 12.2 Å². The number of hydrogen-bond acceptors (Lipinski definition) is 3. The van der Waals surface area contributed by atoms with Crippen LogP contribution in [0.3, 0.4) is 0 Å². The highest BCUT2D eigenvalue weighted by Crippen LogP contribution is 2.08. The Morgan fingerprint density at radius 3 is 2.67 bits per heavy atom. The highest BCUT2D eigenvalue weighted by atomic mass is 127. The van der Waals surface area contributed by atoms with E-state index in [1.165, 1.54) is 6.33 Å². The molecule has 0 amide bonds. The molecular formula is C10H8IN3O. The second-order valence-corrected chi connectivity index (χ2v) is 4.31. The fourth-order valence-corrected chi connectivity index (χ4v) is 1.57. The lowest BCUT2D eigenvalue weighted by Crippen LogP contribution is -2.05. The lowest BCUT2D eigenvalue weighted by Gasteiger charge is -1.98. The number of Topliss-reactive ketones (excluding diaryl/α,β-unsaturated/α-hetero) is 1. The number of carbonyl (C=O) groups excluding carboxylic acids is 1. The number of aromatic nitrogens is 3. The predicted octanol–water partition coefficient (Wildman–Crippen LogP) is 1.83. The molecular weight excluding hydrogens is 305 g/mol. The van der Waals surface area contributed by atoms with Crippen LogP contribution < -0.4 is 0 Å². The summed E-state index contributed by atoms with van der Waals surface area (Å²) in [6.07, 6.45) is 1.69. The maximum absolute atomic E-state index is 11.6. The summed E-state index contributed by atoms with van der Waals surface area (Å²) in [6, 6.07) is 7.83. The zero-order valence-corrected chi connectivity index (χ0v) is 9.93. The van der Waals surface area contributed by atoms with Crippen molar-refractivity contribution in [1.29, 1.82) is 0 Å². The number of nitrogens with one attached hydrogen (secondary N) is 1. The van der Waals surface area contributed by atoms with Gasteiger partial charge in [-0.3, -0.25) is 9.89 Å². The van der Waals surface area contributed by atoms with E-state index in [9.17, 15) is 4.79 Å². The van der Waals surface area contributed by atoms with Gasteiger partial charge in [0, 0.05) is 9.99 Å². The van der Waals surface area contributed by atoms with Crippen LogP contribution in [0.1, 0.15) is 16.2 Å². The first-order valence-electron chi connectivity index (χ1n) is 4.39. The van der Waals surface area contributed by atoms with Gasteiger partial charge in [0.05, 0.1) is 0 Å². The fraction of sp³-hybridized carbons (Fsp3) is 0.100. The second kappa shape index (κ2) is 4.52. The van der Waals surface area contributed by atoms with E-state index in [4.69, 9.17) is 0 Å². The van der Waals surface area contributed by atoms with Crippen molar-refractivity contribution in [2.24, 2.45) is 0 Å². The molecule has 0 bridgehead atoms. The van der Waals surface area contributed by atoms with Crippen molar-refractivity contribution >= 4 is 28.4 Å². The number of rotatable bonds is 3. The van der Waals surface area contributed by atoms with E-state index in [1.807, 2.05) is 24.3 Å². The number of aromatic amines is 1. The molecule has 0 spiro atoms. The molecule has 0 atom stereocenters. The normalized spacial score (nSPS) is 10.2. The Balaban J connectivity index is 2.09. The number of H-pyrrole nitrogens is 1. The van der Waals surface area contributed by atoms with Gasteiger partial charge in [0.1, 0.15) is 6.33 Å². The van der Waals surface area contributed by atoms with Gasteiger partial charge in [-0.05, 0) is 40.3 Å². The third-order valence-corrected chi connectivity index (χ3v) is 2.68. The van der Waals surface area contributed by atoms with Crippen molar-refractivity contribution in [3.8, 4) is 0 Å². The first-order valence-corrected chi connectivity index (χ1v) is 5.46.